The molecule has 0 aliphatic heterocycles. The van der Waals surface area contributed by atoms with Crippen molar-refractivity contribution in [3.8, 4) is 0 Å². The molecule has 2 heterocycles. The molecule has 1 aliphatic carbocycles. The molecule has 4 heteroatoms. The Bertz CT molecular complexity index is 778. The van der Waals surface area contributed by atoms with E-state index in [1.165, 1.54) is 20.6 Å². The minimum absolute atomic E-state index is 0.204. The van der Waals surface area contributed by atoms with E-state index in [2.05, 4.69) is 90.9 Å². The standard InChI is InChI=1S/C9H15.C5H5.2C4H4N.CH3.2Ru/c1-4-7-8-9(5-2)6-3;3*1-2-4-5-3-1;;;/h5,8H,4,6H2,1-3H3;1-3H,4H2;2*1-3,5H;1H3;;. The average Bonchev–Trinajstić information content (AvgIpc) is 3.47. The maximum atomic E-state index is 3.31. The SMILES string of the molecule is CC=C(C=[C](CC)[Ru][c]1ccc[nH]1)CC.[CH3][Ru]([C]1=CC=CC1)[c]1ccc[nH]1. The number of allylic oxidation sites excluding steroid dienone is 8. The molecule has 2 N–H and O–H groups in total. The Kier molecular flexibility index (Phi) is 10.0. The Morgan fingerprint density at radius 2 is 1.93 bits per heavy atom. The summed E-state index contributed by atoms with van der Waals surface area (Å²) in [5.74, 6) is 0. The normalized spacial score (nSPS) is 14.8. The van der Waals surface area contributed by atoms with Gasteiger partial charge in [0, 0.05) is 0 Å². The molecule has 2 aromatic rings. The molecule has 0 radical (unpaired) electrons. The van der Waals surface area contributed by atoms with E-state index < -0.39 is 16.0 Å². The molecular weight excluding hydrogens is 506 g/mol. The first kappa shape index (κ1) is 22.1. The molecule has 3 rings (SSSR count). The fraction of sp³-hybridized carbons (Fsp3) is 0.304. The van der Waals surface area contributed by atoms with E-state index in [0.29, 0.717) is 0 Å². The van der Waals surface area contributed by atoms with Crippen molar-refractivity contribution in [3.63, 3.8) is 0 Å². The fourth-order valence-corrected chi connectivity index (χ4v) is 7.46. The van der Waals surface area contributed by atoms with Crippen molar-refractivity contribution in [2.75, 3.05) is 0 Å². The molecular formula is C23H31N2Ru2. The Labute approximate surface area is 177 Å². The predicted molar refractivity (Wildman–Crippen MR) is 111 cm³/mol. The summed E-state index contributed by atoms with van der Waals surface area (Å²) in [7, 11) is 0. The summed E-state index contributed by atoms with van der Waals surface area (Å²) in [6, 6.07) is 8.55. The van der Waals surface area contributed by atoms with Gasteiger partial charge in [0.15, 0.2) is 0 Å². The van der Waals surface area contributed by atoms with Gasteiger partial charge < -0.3 is 0 Å². The van der Waals surface area contributed by atoms with Crippen LogP contribution in [0.15, 0.2) is 80.9 Å². The summed E-state index contributed by atoms with van der Waals surface area (Å²) in [5, 5.41) is 0. The van der Waals surface area contributed by atoms with E-state index in [-0.39, 0.29) is 17.1 Å². The van der Waals surface area contributed by atoms with Gasteiger partial charge in [-0.2, -0.15) is 0 Å². The van der Waals surface area contributed by atoms with Crippen molar-refractivity contribution in [2.45, 2.75) is 45.6 Å². The summed E-state index contributed by atoms with van der Waals surface area (Å²) in [6.07, 6.45) is 18.8. The van der Waals surface area contributed by atoms with Crippen LogP contribution in [0.2, 0.25) is 5.52 Å². The first-order valence-electron chi connectivity index (χ1n) is 9.33. The van der Waals surface area contributed by atoms with E-state index in [1.807, 2.05) is 12.4 Å². The van der Waals surface area contributed by atoms with Gasteiger partial charge in [0.2, 0.25) is 0 Å². The number of rotatable bonds is 7. The van der Waals surface area contributed by atoms with E-state index in [1.54, 1.807) is 8.33 Å². The van der Waals surface area contributed by atoms with Crippen LogP contribution in [0.25, 0.3) is 0 Å². The Morgan fingerprint density at radius 3 is 2.44 bits per heavy atom. The summed E-state index contributed by atoms with van der Waals surface area (Å²) in [4.78, 5) is 6.60. The van der Waals surface area contributed by atoms with E-state index in [4.69, 9.17) is 0 Å². The van der Waals surface area contributed by atoms with Gasteiger partial charge in [-0.05, 0) is 0 Å². The predicted octanol–water partition coefficient (Wildman–Crippen LogP) is 5.52. The van der Waals surface area contributed by atoms with Gasteiger partial charge in [-0.1, -0.05) is 0 Å². The van der Waals surface area contributed by atoms with Crippen molar-refractivity contribution in [1.82, 2.24) is 9.97 Å². The molecule has 2 nitrogen and oxygen atoms in total. The minimum atomic E-state index is -0.864. The third-order valence-electron chi connectivity index (χ3n) is 4.10. The molecule has 0 spiro atoms. The van der Waals surface area contributed by atoms with Gasteiger partial charge in [-0.15, -0.1) is 0 Å². The molecule has 27 heavy (non-hydrogen) atoms. The molecule has 0 fully saturated rings. The van der Waals surface area contributed by atoms with Crippen molar-refractivity contribution in [3.05, 3.63) is 80.9 Å². The van der Waals surface area contributed by atoms with Crippen LogP contribution in [0.1, 0.15) is 40.0 Å². The maximum absolute atomic E-state index is 3.31. The topological polar surface area (TPSA) is 31.6 Å². The number of aromatic amines is 2. The van der Waals surface area contributed by atoms with Crippen LogP contribution >= 0.6 is 0 Å². The van der Waals surface area contributed by atoms with Crippen LogP contribution < -0.4 is 8.58 Å². The molecule has 0 atom stereocenters. The molecule has 0 saturated heterocycles. The molecule has 2 aromatic heterocycles. The van der Waals surface area contributed by atoms with Crippen LogP contribution in [-0.4, -0.2) is 9.97 Å². The number of nitrogens with one attached hydrogen (secondary N) is 2. The monoisotopic (exact) mass is 539 g/mol. The second-order valence-corrected chi connectivity index (χ2v) is 12.6. The van der Waals surface area contributed by atoms with E-state index >= 15 is 0 Å². The Morgan fingerprint density at radius 1 is 1.15 bits per heavy atom. The molecule has 0 amide bonds. The number of hydrogen-bond acceptors (Lipinski definition) is 0. The van der Waals surface area contributed by atoms with Gasteiger partial charge in [0.25, 0.3) is 0 Å². The zero-order valence-corrected chi connectivity index (χ0v) is 20.2. The van der Waals surface area contributed by atoms with Crippen LogP contribution in [0, 0.1) is 0 Å². The zero-order valence-electron chi connectivity index (χ0n) is 16.7. The van der Waals surface area contributed by atoms with Crippen molar-refractivity contribution in [2.24, 2.45) is 0 Å². The van der Waals surface area contributed by atoms with Crippen LogP contribution in [0.5, 0.6) is 0 Å². The van der Waals surface area contributed by atoms with Gasteiger partial charge in [-0.25, -0.2) is 0 Å². The van der Waals surface area contributed by atoms with Crippen molar-refractivity contribution < 1.29 is 33.1 Å². The van der Waals surface area contributed by atoms with Gasteiger partial charge in [0.05, 0.1) is 0 Å². The summed E-state index contributed by atoms with van der Waals surface area (Å²) >= 11 is -0.661. The van der Waals surface area contributed by atoms with Crippen LogP contribution in [-0.2, 0) is 33.1 Å². The van der Waals surface area contributed by atoms with Gasteiger partial charge in [-0.3, -0.25) is 0 Å². The summed E-state index contributed by atoms with van der Waals surface area (Å²) in [6.45, 7) is 6.57. The van der Waals surface area contributed by atoms with Crippen molar-refractivity contribution in [1.29, 1.82) is 0 Å². The zero-order chi connectivity index (χ0) is 19.5. The van der Waals surface area contributed by atoms with Crippen LogP contribution in [0.3, 0.4) is 0 Å². The molecule has 0 aromatic carbocycles. The van der Waals surface area contributed by atoms with E-state index in [9.17, 15) is 0 Å². The third-order valence-corrected chi connectivity index (χ3v) is 10.8. The second-order valence-electron chi connectivity index (χ2n) is 5.92. The van der Waals surface area contributed by atoms with Gasteiger partial charge in [0.1, 0.15) is 0 Å². The quantitative estimate of drug-likeness (QED) is 0.344. The number of hydrogen-bond donors (Lipinski definition) is 2. The third kappa shape index (κ3) is 7.36. The summed E-state index contributed by atoms with van der Waals surface area (Å²) in [5.41, 5.74) is 3.84. The Hall–Kier alpha value is -1.23. The molecule has 1 aliphatic rings. The fourth-order valence-electron chi connectivity index (χ4n) is 2.46. The molecule has 0 unspecified atom stereocenters. The first-order valence-corrected chi connectivity index (χ1v) is 14.5. The number of H-pyrrole nitrogens is 2. The molecule has 0 saturated carbocycles. The molecule has 0 bridgehead atoms. The van der Waals surface area contributed by atoms with Gasteiger partial charge >= 0.3 is 178 Å². The molecule has 149 valence electrons. The van der Waals surface area contributed by atoms with Crippen LogP contribution in [0.4, 0.5) is 0 Å². The number of aromatic nitrogens is 2. The van der Waals surface area contributed by atoms with Crippen molar-refractivity contribution >= 4 is 8.58 Å². The average molecular weight is 538 g/mol. The Balaban J connectivity index is 0.000000198. The second kappa shape index (κ2) is 12.3. The first-order chi connectivity index (χ1) is 13.2. The van der Waals surface area contributed by atoms with E-state index in [0.717, 1.165) is 12.8 Å². The summed E-state index contributed by atoms with van der Waals surface area (Å²) < 4.78 is 6.07.